The Morgan fingerprint density at radius 3 is 2.57 bits per heavy atom. The molecule has 156 valence electrons. The van der Waals surface area contributed by atoms with Gasteiger partial charge in [0.15, 0.2) is 18.1 Å². The van der Waals surface area contributed by atoms with Crippen molar-refractivity contribution in [2.24, 2.45) is 0 Å². The molecule has 1 amide bonds. The van der Waals surface area contributed by atoms with Crippen molar-refractivity contribution in [3.05, 3.63) is 77.4 Å². The summed E-state index contributed by atoms with van der Waals surface area (Å²) in [6, 6.07) is 13.9. The van der Waals surface area contributed by atoms with Crippen molar-refractivity contribution < 1.29 is 18.7 Å². The quantitative estimate of drug-likeness (QED) is 0.505. The molecule has 0 aliphatic heterocycles. The van der Waals surface area contributed by atoms with Gasteiger partial charge in [-0.25, -0.2) is 4.39 Å². The van der Waals surface area contributed by atoms with E-state index in [1.54, 1.807) is 24.4 Å². The van der Waals surface area contributed by atoms with Gasteiger partial charge < -0.3 is 14.8 Å². The molecule has 0 saturated heterocycles. The summed E-state index contributed by atoms with van der Waals surface area (Å²) < 4.78 is 24.0. The van der Waals surface area contributed by atoms with E-state index in [1.165, 1.54) is 31.0 Å². The first-order chi connectivity index (χ1) is 14.4. The molecule has 0 aliphatic carbocycles. The van der Waals surface area contributed by atoms with Gasteiger partial charge in [0.2, 0.25) is 0 Å². The number of aromatic nitrogens is 1. The lowest BCUT2D eigenvalue weighted by atomic mass is 10.1. The van der Waals surface area contributed by atoms with Gasteiger partial charge in [-0.15, -0.1) is 11.8 Å². The number of carbonyl (C=O) groups excluding carboxylic acids is 1. The van der Waals surface area contributed by atoms with Crippen LogP contribution in [0.15, 0.2) is 59.6 Å². The maximum Gasteiger partial charge on any atom is 0.262 e. The lowest BCUT2D eigenvalue weighted by Gasteiger charge is -2.13. The second-order valence-corrected chi connectivity index (χ2v) is 7.77. The molecule has 1 N–H and O–H groups in total. The Balaban J connectivity index is 1.61. The van der Waals surface area contributed by atoms with Crippen molar-refractivity contribution in [3.63, 3.8) is 0 Å². The number of rotatable bonds is 8. The van der Waals surface area contributed by atoms with Gasteiger partial charge in [0.1, 0.15) is 5.82 Å². The summed E-state index contributed by atoms with van der Waals surface area (Å²) in [5, 5.41) is 2.86. The molecule has 0 fully saturated rings. The molecule has 2 aromatic carbocycles. The van der Waals surface area contributed by atoms with Gasteiger partial charge in [-0.2, -0.15) is 0 Å². The molecule has 0 aliphatic rings. The molecular weight excluding hydrogens is 403 g/mol. The van der Waals surface area contributed by atoms with Crippen LogP contribution in [0, 0.1) is 19.7 Å². The Morgan fingerprint density at radius 1 is 1.10 bits per heavy atom. The normalized spacial score (nSPS) is 10.5. The van der Waals surface area contributed by atoms with Gasteiger partial charge in [-0.05, 0) is 49.7 Å². The van der Waals surface area contributed by atoms with E-state index in [-0.39, 0.29) is 18.3 Å². The highest BCUT2D eigenvalue weighted by Crippen LogP contribution is 2.29. The average Bonchev–Trinajstić information content (AvgIpc) is 2.74. The maximum absolute atomic E-state index is 13.0. The minimum absolute atomic E-state index is 0.155. The van der Waals surface area contributed by atoms with Gasteiger partial charge in [-0.1, -0.05) is 17.7 Å². The Bertz CT molecular complexity index is 1030. The van der Waals surface area contributed by atoms with Gasteiger partial charge in [0.05, 0.1) is 19.0 Å². The minimum atomic E-state index is -0.267. The van der Waals surface area contributed by atoms with Crippen LogP contribution < -0.4 is 14.8 Å². The largest absolute Gasteiger partial charge is 0.491 e. The lowest BCUT2D eigenvalue weighted by Crippen LogP contribution is -2.21. The fraction of sp³-hybridized carbons (Fsp3) is 0.217. The van der Waals surface area contributed by atoms with Gasteiger partial charge in [0.25, 0.3) is 5.91 Å². The second-order valence-electron chi connectivity index (χ2n) is 6.72. The molecule has 3 rings (SSSR count). The number of aryl methyl sites for hydroxylation is 2. The number of amides is 1. The third-order valence-electron chi connectivity index (χ3n) is 4.32. The minimum Gasteiger partial charge on any atom is -0.491 e. The Labute approximate surface area is 179 Å². The van der Waals surface area contributed by atoms with E-state index in [4.69, 9.17) is 9.47 Å². The van der Waals surface area contributed by atoms with Crippen molar-refractivity contribution in [1.82, 2.24) is 4.98 Å². The van der Waals surface area contributed by atoms with Crippen LogP contribution in [-0.2, 0) is 10.5 Å². The van der Waals surface area contributed by atoms with Crippen LogP contribution in [0.25, 0.3) is 0 Å². The van der Waals surface area contributed by atoms with Crippen LogP contribution in [0.4, 0.5) is 10.1 Å². The Kier molecular flexibility index (Phi) is 7.30. The third kappa shape index (κ3) is 5.97. The predicted molar refractivity (Wildman–Crippen MR) is 117 cm³/mol. The topological polar surface area (TPSA) is 60.5 Å². The first kappa shape index (κ1) is 21.6. The summed E-state index contributed by atoms with van der Waals surface area (Å²) in [6.45, 7) is 3.79. The molecule has 0 radical (unpaired) electrons. The fourth-order valence-corrected chi connectivity index (χ4v) is 3.58. The van der Waals surface area contributed by atoms with Crippen LogP contribution >= 0.6 is 11.8 Å². The number of hydrogen-bond donors (Lipinski definition) is 1. The smallest absolute Gasteiger partial charge is 0.262 e. The Morgan fingerprint density at radius 2 is 1.87 bits per heavy atom. The van der Waals surface area contributed by atoms with E-state index < -0.39 is 0 Å². The van der Waals surface area contributed by atoms with E-state index in [0.717, 1.165) is 27.4 Å². The fourth-order valence-electron chi connectivity index (χ4n) is 2.78. The number of ether oxygens (including phenoxy) is 2. The molecule has 30 heavy (non-hydrogen) atoms. The summed E-state index contributed by atoms with van der Waals surface area (Å²) in [7, 11) is 1.52. The van der Waals surface area contributed by atoms with Crippen LogP contribution in [0.1, 0.15) is 16.8 Å². The lowest BCUT2D eigenvalue weighted by molar-refractivity contribution is -0.118. The number of methoxy groups -OCH3 is 1. The zero-order valence-corrected chi connectivity index (χ0v) is 17.9. The predicted octanol–water partition coefficient (Wildman–Crippen LogP) is 5.16. The zero-order chi connectivity index (χ0) is 21.5. The van der Waals surface area contributed by atoms with Crippen molar-refractivity contribution in [3.8, 4) is 11.5 Å². The second kappa shape index (κ2) is 10.1. The summed E-state index contributed by atoms with van der Waals surface area (Å²) in [5.74, 6) is 0.934. The molecule has 3 aromatic rings. The number of halogens is 1. The highest BCUT2D eigenvalue weighted by atomic mass is 32.2. The number of hydrogen-bond acceptors (Lipinski definition) is 5. The van der Waals surface area contributed by atoms with E-state index in [2.05, 4.69) is 10.3 Å². The average molecular weight is 427 g/mol. The number of carbonyl (C=O) groups is 1. The van der Waals surface area contributed by atoms with E-state index in [0.29, 0.717) is 17.3 Å². The van der Waals surface area contributed by atoms with Crippen molar-refractivity contribution >= 4 is 23.4 Å². The van der Waals surface area contributed by atoms with Gasteiger partial charge in [0, 0.05) is 22.4 Å². The van der Waals surface area contributed by atoms with Crippen molar-refractivity contribution in [1.29, 1.82) is 0 Å². The highest BCUT2D eigenvalue weighted by molar-refractivity contribution is 7.98. The monoisotopic (exact) mass is 426 g/mol. The summed E-state index contributed by atoms with van der Waals surface area (Å²) >= 11 is 1.53. The van der Waals surface area contributed by atoms with Crippen LogP contribution in [0.5, 0.6) is 11.5 Å². The molecule has 5 nitrogen and oxygen atoms in total. The highest BCUT2D eigenvalue weighted by Gasteiger charge is 2.11. The molecular formula is C23H23FN2O3S. The number of anilines is 1. The number of nitrogens with zero attached hydrogens (tertiary/aromatic N) is 1. The van der Waals surface area contributed by atoms with Gasteiger partial charge in [-0.3, -0.25) is 9.78 Å². The van der Waals surface area contributed by atoms with Crippen LogP contribution in [-0.4, -0.2) is 24.6 Å². The maximum atomic E-state index is 13.0. The van der Waals surface area contributed by atoms with Crippen LogP contribution in [0.2, 0.25) is 0 Å². The number of nitrogens with one attached hydrogen (secondary N) is 1. The first-order valence-electron chi connectivity index (χ1n) is 9.36. The summed E-state index contributed by atoms with van der Waals surface area (Å²) in [4.78, 5) is 17.6. The molecule has 0 spiro atoms. The standard InChI is InChI=1S/C23H23FN2O3S/c1-15-4-9-20(16(2)10-15)26-23(27)13-29-21-11-18(25-12-22(21)28-3)14-30-19-7-5-17(24)6-8-19/h4-12H,13-14H2,1-3H3,(H,26,27). The Hall–Kier alpha value is -3.06. The molecule has 1 aromatic heterocycles. The number of pyridine rings is 1. The molecule has 0 unspecified atom stereocenters. The number of thioether (sulfide) groups is 1. The molecule has 7 heteroatoms. The zero-order valence-electron chi connectivity index (χ0n) is 17.1. The first-order valence-corrected chi connectivity index (χ1v) is 10.3. The van der Waals surface area contributed by atoms with Gasteiger partial charge >= 0.3 is 0 Å². The van der Waals surface area contributed by atoms with E-state index in [1.807, 2.05) is 32.0 Å². The molecule has 0 saturated carbocycles. The SMILES string of the molecule is COc1cnc(CSc2ccc(F)cc2)cc1OCC(=O)Nc1ccc(C)cc1C. The third-order valence-corrected chi connectivity index (χ3v) is 5.37. The molecule has 1 heterocycles. The summed E-state index contributed by atoms with van der Waals surface area (Å²) in [5.41, 5.74) is 3.64. The summed E-state index contributed by atoms with van der Waals surface area (Å²) in [6.07, 6.45) is 1.57. The number of benzene rings is 2. The van der Waals surface area contributed by atoms with Crippen LogP contribution in [0.3, 0.4) is 0 Å². The molecule has 0 atom stereocenters. The van der Waals surface area contributed by atoms with Crippen molar-refractivity contribution in [2.75, 3.05) is 19.0 Å². The molecule has 0 bridgehead atoms. The van der Waals surface area contributed by atoms with Crippen molar-refractivity contribution in [2.45, 2.75) is 24.5 Å². The van der Waals surface area contributed by atoms with E-state index in [9.17, 15) is 9.18 Å². The van der Waals surface area contributed by atoms with E-state index >= 15 is 0 Å².